The van der Waals surface area contributed by atoms with Gasteiger partial charge in [-0.3, -0.25) is 4.79 Å². The Balaban J connectivity index is 0. The van der Waals surface area contributed by atoms with Crippen molar-refractivity contribution >= 4 is 18.3 Å². The summed E-state index contributed by atoms with van der Waals surface area (Å²) in [5, 5.41) is 0. The molecule has 0 fully saturated rings. The Morgan fingerprint density at radius 1 is 1.58 bits per heavy atom. The summed E-state index contributed by atoms with van der Waals surface area (Å²) in [5.74, 6) is 0.0263. The van der Waals surface area contributed by atoms with E-state index in [1.54, 1.807) is 18.9 Å². The number of carbonyl (C=O) groups is 1. The van der Waals surface area contributed by atoms with Gasteiger partial charge >= 0.3 is 0 Å². The topological polar surface area (TPSA) is 46.3 Å². The van der Waals surface area contributed by atoms with Gasteiger partial charge in [0.15, 0.2) is 0 Å². The van der Waals surface area contributed by atoms with Crippen LogP contribution in [-0.2, 0) is 4.79 Å². The van der Waals surface area contributed by atoms with Crippen molar-refractivity contribution in [2.75, 3.05) is 13.6 Å². The first-order chi connectivity index (χ1) is 5.09. The minimum atomic E-state index is -0.364. The van der Waals surface area contributed by atoms with Crippen LogP contribution in [0.15, 0.2) is 0 Å². The molecule has 0 rings (SSSR count). The van der Waals surface area contributed by atoms with Crippen molar-refractivity contribution < 1.29 is 4.79 Å². The van der Waals surface area contributed by atoms with Crippen molar-refractivity contribution in [3.63, 3.8) is 0 Å². The maximum atomic E-state index is 11.1. The van der Waals surface area contributed by atoms with E-state index >= 15 is 0 Å². The third kappa shape index (κ3) is 5.38. The molecule has 0 radical (unpaired) electrons. The van der Waals surface area contributed by atoms with Crippen LogP contribution in [0.3, 0.4) is 0 Å². The molecule has 0 aliphatic rings. The lowest BCUT2D eigenvalue weighted by atomic mass is 10.3. The molecule has 0 spiro atoms. The van der Waals surface area contributed by atoms with Crippen molar-refractivity contribution in [1.82, 2.24) is 4.90 Å². The van der Waals surface area contributed by atoms with Gasteiger partial charge in [-0.2, -0.15) is 0 Å². The van der Waals surface area contributed by atoms with Crippen molar-refractivity contribution in [1.29, 1.82) is 0 Å². The molecular weight excluding hydrogens is 176 g/mol. The summed E-state index contributed by atoms with van der Waals surface area (Å²) in [5.41, 5.74) is 5.42. The highest BCUT2D eigenvalue weighted by Gasteiger charge is 2.11. The van der Waals surface area contributed by atoms with Crippen LogP contribution < -0.4 is 5.73 Å². The minimum Gasteiger partial charge on any atom is -0.344 e. The smallest absolute Gasteiger partial charge is 0.238 e. The van der Waals surface area contributed by atoms with Crippen molar-refractivity contribution in [3.8, 4) is 0 Å². The molecule has 0 aliphatic carbocycles. The summed E-state index contributed by atoms with van der Waals surface area (Å²) < 4.78 is 0. The van der Waals surface area contributed by atoms with Gasteiger partial charge in [0.1, 0.15) is 0 Å². The summed E-state index contributed by atoms with van der Waals surface area (Å²) in [6.45, 7) is 4.63. The standard InChI is InChI=1S/C8H18N2O.ClH/c1-4-5-6-10(3)8(11)7(2)9;/h7H,4-6,9H2,1-3H3;1H. The normalized spacial score (nSPS) is 11.7. The van der Waals surface area contributed by atoms with Crippen molar-refractivity contribution in [2.24, 2.45) is 5.73 Å². The third-order valence-corrected chi connectivity index (χ3v) is 1.61. The number of hydrogen-bond donors (Lipinski definition) is 1. The van der Waals surface area contributed by atoms with E-state index in [1.165, 1.54) is 0 Å². The quantitative estimate of drug-likeness (QED) is 0.727. The number of rotatable bonds is 4. The highest BCUT2D eigenvalue weighted by Crippen LogP contribution is 1.93. The molecular formula is C8H19ClN2O. The Bertz CT molecular complexity index is 128. The van der Waals surface area contributed by atoms with Crippen LogP contribution in [0.1, 0.15) is 26.7 Å². The van der Waals surface area contributed by atoms with Gasteiger partial charge in [0, 0.05) is 13.6 Å². The highest BCUT2D eigenvalue weighted by molar-refractivity contribution is 5.85. The molecule has 2 N–H and O–H groups in total. The zero-order valence-corrected chi connectivity index (χ0v) is 8.86. The predicted octanol–water partition coefficient (Wildman–Crippen LogP) is 1.01. The maximum Gasteiger partial charge on any atom is 0.238 e. The van der Waals surface area contributed by atoms with E-state index in [1.807, 2.05) is 0 Å². The van der Waals surface area contributed by atoms with Crippen LogP contribution in [0.5, 0.6) is 0 Å². The van der Waals surface area contributed by atoms with Crippen LogP contribution in [0.25, 0.3) is 0 Å². The average molecular weight is 195 g/mol. The lowest BCUT2D eigenvalue weighted by Crippen LogP contribution is -2.40. The number of nitrogens with zero attached hydrogens (tertiary/aromatic N) is 1. The van der Waals surface area contributed by atoms with Gasteiger partial charge in [-0.05, 0) is 13.3 Å². The molecule has 3 nitrogen and oxygen atoms in total. The predicted molar refractivity (Wildman–Crippen MR) is 53.4 cm³/mol. The fourth-order valence-corrected chi connectivity index (χ4v) is 0.853. The fourth-order valence-electron chi connectivity index (χ4n) is 0.853. The lowest BCUT2D eigenvalue weighted by molar-refractivity contribution is -0.130. The van der Waals surface area contributed by atoms with Crippen LogP contribution in [0, 0.1) is 0 Å². The van der Waals surface area contributed by atoms with Crippen LogP contribution in [0.4, 0.5) is 0 Å². The van der Waals surface area contributed by atoms with Gasteiger partial charge in [-0.25, -0.2) is 0 Å². The first-order valence-corrected chi connectivity index (χ1v) is 4.10. The first kappa shape index (κ1) is 14.3. The van der Waals surface area contributed by atoms with E-state index in [-0.39, 0.29) is 24.4 Å². The number of amides is 1. The fraction of sp³-hybridized carbons (Fsp3) is 0.875. The molecule has 0 aromatic rings. The zero-order chi connectivity index (χ0) is 8.85. The first-order valence-electron chi connectivity index (χ1n) is 4.10. The second-order valence-electron chi connectivity index (χ2n) is 2.90. The molecule has 0 aromatic carbocycles. The minimum absolute atomic E-state index is 0. The van der Waals surface area contributed by atoms with Gasteiger partial charge in [0.25, 0.3) is 0 Å². The third-order valence-electron chi connectivity index (χ3n) is 1.61. The molecule has 4 heteroatoms. The summed E-state index contributed by atoms with van der Waals surface area (Å²) in [6.07, 6.45) is 2.16. The highest BCUT2D eigenvalue weighted by atomic mass is 35.5. The Labute approximate surface area is 80.7 Å². The zero-order valence-electron chi connectivity index (χ0n) is 8.04. The molecule has 0 saturated heterocycles. The summed E-state index contributed by atoms with van der Waals surface area (Å²) in [7, 11) is 1.79. The number of likely N-dealkylation sites (N-methyl/N-ethyl adjacent to an activating group) is 1. The second kappa shape index (κ2) is 7.37. The molecule has 0 aliphatic heterocycles. The number of unbranched alkanes of at least 4 members (excludes halogenated alkanes) is 1. The summed E-state index contributed by atoms with van der Waals surface area (Å²) >= 11 is 0. The van der Waals surface area contributed by atoms with Gasteiger partial charge in [-0.1, -0.05) is 13.3 Å². The summed E-state index contributed by atoms with van der Waals surface area (Å²) in [6, 6.07) is -0.364. The van der Waals surface area contributed by atoms with E-state index in [0.717, 1.165) is 19.4 Å². The lowest BCUT2D eigenvalue weighted by Gasteiger charge is -2.18. The Hall–Kier alpha value is -0.280. The number of carbonyl (C=O) groups excluding carboxylic acids is 1. The van der Waals surface area contributed by atoms with E-state index in [0.29, 0.717) is 0 Å². The summed E-state index contributed by atoms with van der Waals surface area (Å²) in [4.78, 5) is 12.8. The molecule has 0 heterocycles. The molecule has 1 unspecified atom stereocenters. The number of halogens is 1. The van der Waals surface area contributed by atoms with Crippen molar-refractivity contribution in [2.45, 2.75) is 32.7 Å². The monoisotopic (exact) mass is 194 g/mol. The largest absolute Gasteiger partial charge is 0.344 e. The van der Waals surface area contributed by atoms with Crippen LogP contribution in [-0.4, -0.2) is 30.4 Å². The van der Waals surface area contributed by atoms with E-state index in [2.05, 4.69) is 6.92 Å². The van der Waals surface area contributed by atoms with E-state index < -0.39 is 0 Å². The van der Waals surface area contributed by atoms with Gasteiger partial charge < -0.3 is 10.6 Å². The molecule has 0 bridgehead atoms. The van der Waals surface area contributed by atoms with Crippen LogP contribution in [0.2, 0.25) is 0 Å². The van der Waals surface area contributed by atoms with Gasteiger partial charge in [0.05, 0.1) is 6.04 Å². The molecule has 1 atom stereocenters. The number of nitrogens with two attached hydrogens (primary N) is 1. The van der Waals surface area contributed by atoms with Gasteiger partial charge in [0.2, 0.25) is 5.91 Å². The Kier molecular flexibility index (Phi) is 8.76. The average Bonchev–Trinajstić information content (AvgIpc) is 1.98. The SMILES string of the molecule is CCCCN(C)C(=O)C(C)N.Cl. The Morgan fingerprint density at radius 2 is 2.08 bits per heavy atom. The molecule has 0 saturated carbocycles. The molecule has 1 amide bonds. The second-order valence-corrected chi connectivity index (χ2v) is 2.90. The molecule has 12 heavy (non-hydrogen) atoms. The number of hydrogen-bond acceptors (Lipinski definition) is 2. The maximum absolute atomic E-state index is 11.1. The van der Waals surface area contributed by atoms with E-state index in [9.17, 15) is 4.79 Å². The van der Waals surface area contributed by atoms with Crippen LogP contribution >= 0.6 is 12.4 Å². The molecule has 0 aromatic heterocycles. The van der Waals surface area contributed by atoms with Gasteiger partial charge in [-0.15, -0.1) is 12.4 Å². The van der Waals surface area contributed by atoms with Crippen molar-refractivity contribution in [3.05, 3.63) is 0 Å². The van der Waals surface area contributed by atoms with E-state index in [4.69, 9.17) is 5.73 Å². The molecule has 74 valence electrons. The Morgan fingerprint density at radius 3 is 2.42 bits per heavy atom.